The Balaban J connectivity index is 2.58. The first-order valence-corrected chi connectivity index (χ1v) is 5.04. The topological polar surface area (TPSA) is 12.0 Å². The number of nitrogens with one attached hydrogen (secondary N) is 1. The highest BCUT2D eigenvalue weighted by Gasteiger charge is 2.14. The van der Waals surface area contributed by atoms with E-state index in [1.807, 2.05) is 13.0 Å². The summed E-state index contributed by atoms with van der Waals surface area (Å²) in [6.07, 6.45) is 10.8. The Morgan fingerprint density at radius 2 is 2.08 bits per heavy atom. The maximum atomic E-state index is 3.87. The van der Waals surface area contributed by atoms with Gasteiger partial charge in [0, 0.05) is 0 Å². The number of rotatable bonds is 3. The summed E-state index contributed by atoms with van der Waals surface area (Å²) in [6.45, 7) is 8.20. The van der Waals surface area contributed by atoms with Crippen molar-refractivity contribution >= 4 is 0 Å². The second-order valence-corrected chi connectivity index (χ2v) is 3.42. The molecule has 1 nitrogen and oxygen atoms in total. The number of allylic oxidation sites excluding steroid dienone is 5. The van der Waals surface area contributed by atoms with Gasteiger partial charge in [-0.15, -0.1) is 0 Å². The zero-order valence-corrected chi connectivity index (χ0v) is 8.42. The molecule has 1 fully saturated rings. The van der Waals surface area contributed by atoms with Crippen molar-refractivity contribution < 1.29 is 0 Å². The first-order valence-electron chi connectivity index (χ1n) is 5.04. The van der Waals surface area contributed by atoms with Crippen LogP contribution in [0.25, 0.3) is 0 Å². The van der Waals surface area contributed by atoms with E-state index < -0.39 is 0 Å². The van der Waals surface area contributed by atoms with E-state index in [1.54, 1.807) is 0 Å². The fourth-order valence-electron chi connectivity index (χ4n) is 1.73. The predicted octanol–water partition coefficient (Wildman–Crippen LogP) is 2.67. The second-order valence-electron chi connectivity index (χ2n) is 3.42. The van der Waals surface area contributed by atoms with Crippen LogP contribution in [0, 0.1) is 5.92 Å². The summed E-state index contributed by atoms with van der Waals surface area (Å²) in [6, 6.07) is 0. The molecule has 72 valence electrons. The molecule has 0 spiro atoms. The molecule has 0 aromatic carbocycles. The van der Waals surface area contributed by atoms with Crippen molar-refractivity contribution in [1.29, 1.82) is 0 Å². The summed E-state index contributed by atoms with van der Waals surface area (Å²) in [5, 5.41) is 3.37. The highest BCUT2D eigenvalue weighted by molar-refractivity contribution is 5.25. The minimum absolute atomic E-state index is 0.718. The Kier molecular flexibility index (Phi) is 4.55. The Morgan fingerprint density at radius 1 is 1.38 bits per heavy atom. The number of hydrogen-bond donors (Lipinski definition) is 1. The summed E-state index contributed by atoms with van der Waals surface area (Å²) < 4.78 is 0. The van der Waals surface area contributed by atoms with Gasteiger partial charge >= 0.3 is 0 Å². The van der Waals surface area contributed by atoms with Crippen molar-refractivity contribution in [2.24, 2.45) is 5.92 Å². The van der Waals surface area contributed by atoms with E-state index in [0.29, 0.717) is 0 Å². The average molecular weight is 177 g/mol. The predicted molar refractivity (Wildman–Crippen MR) is 58.7 cm³/mol. The minimum Gasteiger partial charge on any atom is -0.317 e. The molecule has 0 amide bonds. The Hall–Kier alpha value is -0.820. The lowest BCUT2D eigenvalue weighted by Gasteiger charge is -2.23. The van der Waals surface area contributed by atoms with Gasteiger partial charge in [0.25, 0.3) is 0 Å². The maximum Gasteiger partial charge on any atom is -0.00431 e. The normalized spacial score (nSPS) is 20.8. The molecular weight excluding hydrogens is 158 g/mol. The van der Waals surface area contributed by atoms with Crippen LogP contribution in [0.1, 0.15) is 19.8 Å². The van der Waals surface area contributed by atoms with Crippen LogP contribution in [0.4, 0.5) is 0 Å². The van der Waals surface area contributed by atoms with E-state index >= 15 is 0 Å². The fraction of sp³-hybridized carbons (Fsp3) is 0.500. The van der Waals surface area contributed by atoms with E-state index in [-0.39, 0.29) is 0 Å². The van der Waals surface area contributed by atoms with Gasteiger partial charge < -0.3 is 5.32 Å². The smallest absolute Gasteiger partial charge is 0.00431 e. The van der Waals surface area contributed by atoms with Crippen LogP contribution >= 0.6 is 0 Å². The quantitative estimate of drug-likeness (QED) is 0.653. The molecule has 0 aromatic heterocycles. The molecule has 1 heterocycles. The Labute approximate surface area is 81.2 Å². The van der Waals surface area contributed by atoms with Crippen molar-refractivity contribution in [3.63, 3.8) is 0 Å². The molecule has 1 aliphatic rings. The molecule has 0 atom stereocenters. The van der Waals surface area contributed by atoms with Crippen molar-refractivity contribution in [3.05, 3.63) is 36.5 Å². The van der Waals surface area contributed by atoms with Crippen LogP contribution in [0.5, 0.6) is 0 Å². The SMILES string of the molecule is C=C/C(=C\C=C/C)C1CCNCC1. The Morgan fingerprint density at radius 3 is 2.62 bits per heavy atom. The van der Waals surface area contributed by atoms with Crippen LogP contribution < -0.4 is 5.32 Å². The van der Waals surface area contributed by atoms with Gasteiger partial charge in [-0.25, -0.2) is 0 Å². The lowest BCUT2D eigenvalue weighted by molar-refractivity contribution is 0.425. The molecule has 1 heteroatoms. The van der Waals surface area contributed by atoms with Gasteiger partial charge in [0.1, 0.15) is 0 Å². The average Bonchev–Trinajstić information content (AvgIpc) is 2.21. The summed E-state index contributed by atoms with van der Waals surface area (Å²) in [5.41, 5.74) is 1.39. The number of piperidine rings is 1. The molecular formula is C12H19N. The molecule has 0 aliphatic carbocycles. The van der Waals surface area contributed by atoms with Gasteiger partial charge in [-0.05, 0) is 44.3 Å². The molecule has 0 radical (unpaired) electrons. The maximum absolute atomic E-state index is 3.87. The first-order chi connectivity index (χ1) is 6.38. The monoisotopic (exact) mass is 177 g/mol. The third-order valence-electron chi connectivity index (χ3n) is 2.53. The summed E-state index contributed by atoms with van der Waals surface area (Å²) >= 11 is 0. The van der Waals surface area contributed by atoms with Crippen LogP contribution in [0.3, 0.4) is 0 Å². The highest BCUT2D eigenvalue weighted by atomic mass is 14.9. The summed E-state index contributed by atoms with van der Waals surface area (Å²) in [5.74, 6) is 0.718. The van der Waals surface area contributed by atoms with E-state index in [1.165, 1.54) is 18.4 Å². The van der Waals surface area contributed by atoms with Crippen LogP contribution in [-0.2, 0) is 0 Å². The second kappa shape index (κ2) is 5.76. The zero-order valence-electron chi connectivity index (χ0n) is 8.42. The lowest BCUT2D eigenvalue weighted by atomic mass is 9.89. The summed E-state index contributed by atoms with van der Waals surface area (Å²) in [7, 11) is 0. The van der Waals surface area contributed by atoms with E-state index in [2.05, 4.69) is 30.1 Å². The third kappa shape index (κ3) is 3.19. The standard InChI is InChI=1S/C12H19N/c1-3-5-6-11(4-2)12-7-9-13-10-8-12/h3-6,12-13H,2,7-10H2,1H3/b5-3-,11-6+. The van der Waals surface area contributed by atoms with Crippen molar-refractivity contribution in [1.82, 2.24) is 5.32 Å². The highest BCUT2D eigenvalue weighted by Crippen LogP contribution is 2.21. The van der Waals surface area contributed by atoms with Crippen LogP contribution in [0.2, 0.25) is 0 Å². The molecule has 1 N–H and O–H groups in total. The summed E-state index contributed by atoms with van der Waals surface area (Å²) in [4.78, 5) is 0. The number of hydrogen-bond acceptors (Lipinski definition) is 1. The molecule has 0 aromatic rings. The molecule has 1 aliphatic heterocycles. The van der Waals surface area contributed by atoms with Gasteiger partial charge in [0.15, 0.2) is 0 Å². The molecule has 0 unspecified atom stereocenters. The largest absolute Gasteiger partial charge is 0.317 e. The van der Waals surface area contributed by atoms with Gasteiger partial charge in [-0.2, -0.15) is 0 Å². The minimum atomic E-state index is 0.718. The molecule has 1 rings (SSSR count). The van der Waals surface area contributed by atoms with Crippen LogP contribution in [0.15, 0.2) is 36.5 Å². The molecule has 1 saturated heterocycles. The van der Waals surface area contributed by atoms with E-state index in [0.717, 1.165) is 19.0 Å². The van der Waals surface area contributed by atoms with E-state index in [9.17, 15) is 0 Å². The van der Waals surface area contributed by atoms with Crippen molar-refractivity contribution in [2.75, 3.05) is 13.1 Å². The van der Waals surface area contributed by atoms with Crippen molar-refractivity contribution in [2.45, 2.75) is 19.8 Å². The van der Waals surface area contributed by atoms with Gasteiger partial charge in [-0.1, -0.05) is 30.9 Å². The first kappa shape index (κ1) is 10.3. The molecule has 13 heavy (non-hydrogen) atoms. The molecule has 0 saturated carbocycles. The zero-order chi connectivity index (χ0) is 9.52. The van der Waals surface area contributed by atoms with Gasteiger partial charge in [0.2, 0.25) is 0 Å². The van der Waals surface area contributed by atoms with E-state index in [4.69, 9.17) is 0 Å². The van der Waals surface area contributed by atoms with Gasteiger partial charge in [0.05, 0.1) is 0 Å². The fourth-order valence-corrected chi connectivity index (χ4v) is 1.73. The van der Waals surface area contributed by atoms with Crippen molar-refractivity contribution in [3.8, 4) is 0 Å². The van der Waals surface area contributed by atoms with Gasteiger partial charge in [-0.3, -0.25) is 0 Å². The molecule has 0 bridgehead atoms. The third-order valence-corrected chi connectivity index (χ3v) is 2.53. The lowest BCUT2D eigenvalue weighted by Crippen LogP contribution is -2.28. The Bertz CT molecular complexity index is 207. The van der Waals surface area contributed by atoms with Crippen LogP contribution in [-0.4, -0.2) is 13.1 Å².